The summed E-state index contributed by atoms with van der Waals surface area (Å²) in [5, 5.41) is 9.51. The number of hydrogen-bond donors (Lipinski definition) is 0. The number of benzene rings is 2. The van der Waals surface area contributed by atoms with E-state index in [2.05, 4.69) is 33.0 Å². The highest BCUT2D eigenvalue weighted by Gasteiger charge is 2.24. The van der Waals surface area contributed by atoms with Gasteiger partial charge in [-0.05, 0) is 43.3 Å². The highest BCUT2D eigenvalue weighted by molar-refractivity contribution is 5.60. The van der Waals surface area contributed by atoms with Crippen molar-refractivity contribution in [2.24, 2.45) is 0 Å². The summed E-state index contributed by atoms with van der Waals surface area (Å²) in [6.07, 6.45) is 0. The van der Waals surface area contributed by atoms with E-state index in [9.17, 15) is 5.26 Å². The second-order valence-corrected chi connectivity index (χ2v) is 6.82. The lowest BCUT2D eigenvalue weighted by molar-refractivity contribution is 0.415. The molecule has 3 aromatic rings. The van der Waals surface area contributed by atoms with Gasteiger partial charge in [0.1, 0.15) is 11.8 Å². The number of nitrogens with zero attached hydrogens (tertiary/aromatic N) is 4. The molecular formula is C22H22N4O2. The van der Waals surface area contributed by atoms with E-state index in [0.29, 0.717) is 17.5 Å². The topological polar surface area (TPSA) is 65.5 Å². The van der Waals surface area contributed by atoms with Crippen LogP contribution in [0.2, 0.25) is 0 Å². The number of piperazine rings is 1. The molecule has 0 amide bonds. The Balaban J connectivity index is 1.49. The van der Waals surface area contributed by atoms with Crippen LogP contribution in [0.15, 0.2) is 52.9 Å². The van der Waals surface area contributed by atoms with Gasteiger partial charge in [0.05, 0.1) is 7.11 Å². The molecule has 142 valence electrons. The van der Waals surface area contributed by atoms with Crippen LogP contribution in [0.4, 0.5) is 11.6 Å². The van der Waals surface area contributed by atoms with Crippen molar-refractivity contribution in [1.82, 2.24) is 4.98 Å². The van der Waals surface area contributed by atoms with Gasteiger partial charge < -0.3 is 19.0 Å². The maximum Gasteiger partial charge on any atom is 0.235 e. The van der Waals surface area contributed by atoms with E-state index < -0.39 is 0 Å². The molecule has 0 radical (unpaired) electrons. The van der Waals surface area contributed by atoms with Gasteiger partial charge in [-0.15, -0.1) is 0 Å². The Labute approximate surface area is 164 Å². The summed E-state index contributed by atoms with van der Waals surface area (Å²) in [5.74, 6) is 1.91. The predicted molar refractivity (Wildman–Crippen MR) is 109 cm³/mol. The third-order valence-corrected chi connectivity index (χ3v) is 5.02. The van der Waals surface area contributed by atoms with Crippen LogP contribution in [0.3, 0.4) is 0 Å². The van der Waals surface area contributed by atoms with Gasteiger partial charge in [0.15, 0.2) is 0 Å². The normalized spacial score (nSPS) is 14.0. The molecule has 28 heavy (non-hydrogen) atoms. The maximum atomic E-state index is 9.51. The molecule has 1 saturated heterocycles. The van der Waals surface area contributed by atoms with Gasteiger partial charge in [0, 0.05) is 37.4 Å². The van der Waals surface area contributed by atoms with Crippen LogP contribution in [0.1, 0.15) is 11.3 Å². The Hall–Kier alpha value is -3.46. The molecule has 0 unspecified atom stereocenters. The molecule has 0 spiro atoms. The zero-order valence-corrected chi connectivity index (χ0v) is 16.1. The molecule has 1 aliphatic heterocycles. The first-order chi connectivity index (χ1) is 13.7. The van der Waals surface area contributed by atoms with Crippen LogP contribution in [-0.4, -0.2) is 38.3 Å². The summed E-state index contributed by atoms with van der Waals surface area (Å²) >= 11 is 0. The second-order valence-electron chi connectivity index (χ2n) is 6.82. The quantitative estimate of drug-likeness (QED) is 0.691. The standard InChI is InChI=1S/C22H22N4O2/c1-16-3-5-17(6-4-16)21-24-20(15-23)22(28-21)26-13-11-25(12-14-26)18-7-9-19(27-2)10-8-18/h3-10H,11-14H2,1-2H3. The molecule has 1 aromatic heterocycles. The van der Waals surface area contributed by atoms with E-state index in [1.165, 1.54) is 11.3 Å². The van der Waals surface area contributed by atoms with Gasteiger partial charge in [-0.25, -0.2) is 0 Å². The van der Waals surface area contributed by atoms with Crippen molar-refractivity contribution in [3.05, 3.63) is 59.8 Å². The molecule has 2 heterocycles. The van der Waals surface area contributed by atoms with E-state index in [-0.39, 0.29) is 0 Å². The number of methoxy groups -OCH3 is 1. The fourth-order valence-electron chi connectivity index (χ4n) is 3.38. The minimum absolute atomic E-state index is 0.341. The van der Waals surface area contributed by atoms with Crippen molar-refractivity contribution in [1.29, 1.82) is 5.26 Å². The number of aryl methyl sites for hydroxylation is 1. The first-order valence-electron chi connectivity index (χ1n) is 9.30. The largest absolute Gasteiger partial charge is 0.497 e. The van der Waals surface area contributed by atoms with Gasteiger partial charge in [0.25, 0.3) is 0 Å². The summed E-state index contributed by atoms with van der Waals surface area (Å²) in [5.41, 5.74) is 3.56. The van der Waals surface area contributed by atoms with Gasteiger partial charge in [0.2, 0.25) is 17.5 Å². The number of aromatic nitrogens is 1. The lowest BCUT2D eigenvalue weighted by atomic mass is 10.1. The van der Waals surface area contributed by atoms with Crippen LogP contribution >= 0.6 is 0 Å². The average molecular weight is 374 g/mol. The number of oxazole rings is 1. The first-order valence-corrected chi connectivity index (χ1v) is 9.30. The smallest absolute Gasteiger partial charge is 0.235 e. The van der Waals surface area contributed by atoms with E-state index in [1.54, 1.807) is 7.11 Å². The van der Waals surface area contributed by atoms with Crippen LogP contribution in [0, 0.1) is 18.3 Å². The lowest BCUT2D eigenvalue weighted by Crippen LogP contribution is -2.46. The summed E-state index contributed by atoms with van der Waals surface area (Å²) < 4.78 is 11.2. The molecule has 1 aliphatic rings. The van der Waals surface area contributed by atoms with Crippen molar-refractivity contribution in [3.63, 3.8) is 0 Å². The third-order valence-electron chi connectivity index (χ3n) is 5.02. The van der Waals surface area contributed by atoms with Crippen molar-refractivity contribution < 1.29 is 9.15 Å². The zero-order valence-electron chi connectivity index (χ0n) is 16.1. The summed E-state index contributed by atoms with van der Waals surface area (Å²) in [6.45, 7) is 5.26. The highest BCUT2D eigenvalue weighted by atomic mass is 16.5. The molecule has 0 atom stereocenters. The van der Waals surface area contributed by atoms with Crippen LogP contribution in [0.25, 0.3) is 11.5 Å². The molecule has 1 fully saturated rings. The Morgan fingerprint density at radius 3 is 2.21 bits per heavy atom. The molecule has 0 saturated carbocycles. The van der Waals surface area contributed by atoms with E-state index in [1.807, 2.05) is 43.3 Å². The molecule has 0 N–H and O–H groups in total. The summed E-state index contributed by atoms with van der Waals surface area (Å²) in [6, 6.07) is 18.2. The van der Waals surface area contributed by atoms with E-state index in [4.69, 9.17) is 9.15 Å². The number of ether oxygens (including phenoxy) is 1. The van der Waals surface area contributed by atoms with E-state index >= 15 is 0 Å². The Morgan fingerprint density at radius 1 is 0.964 bits per heavy atom. The Bertz CT molecular complexity index is 979. The number of rotatable bonds is 4. The Kier molecular flexibility index (Phi) is 4.90. The van der Waals surface area contributed by atoms with Gasteiger partial charge in [-0.1, -0.05) is 17.7 Å². The predicted octanol–water partition coefficient (Wildman–Crippen LogP) is 3.86. The van der Waals surface area contributed by atoms with Crippen molar-refractivity contribution in [2.45, 2.75) is 6.92 Å². The molecule has 0 aliphatic carbocycles. The van der Waals surface area contributed by atoms with Crippen molar-refractivity contribution >= 4 is 11.6 Å². The van der Waals surface area contributed by atoms with Gasteiger partial charge >= 0.3 is 0 Å². The van der Waals surface area contributed by atoms with Gasteiger partial charge in [-0.3, -0.25) is 0 Å². The highest BCUT2D eigenvalue weighted by Crippen LogP contribution is 2.30. The van der Waals surface area contributed by atoms with Gasteiger partial charge in [-0.2, -0.15) is 10.2 Å². The monoisotopic (exact) mass is 374 g/mol. The molecule has 0 bridgehead atoms. The molecule has 6 heteroatoms. The van der Waals surface area contributed by atoms with Crippen LogP contribution in [-0.2, 0) is 0 Å². The molecule has 4 rings (SSSR count). The number of nitriles is 1. The van der Waals surface area contributed by atoms with Crippen LogP contribution < -0.4 is 14.5 Å². The van der Waals surface area contributed by atoms with Crippen molar-refractivity contribution in [3.8, 4) is 23.3 Å². The average Bonchev–Trinajstić information content (AvgIpc) is 3.19. The Morgan fingerprint density at radius 2 is 1.61 bits per heavy atom. The lowest BCUT2D eigenvalue weighted by Gasteiger charge is -2.35. The second kappa shape index (κ2) is 7.65. The number of hydrogen-bond acceptors (Lipinski definition) is 6. The van der Waals surface area contributed by atoms with Crippen molar-refractivity contribution in [2.75, 3.05) is 43.1 Å². The number of anilines is 2. The minimum atomic E-state index is 0.341. The summed E-state index contributed by atoms with van der Waals surface area (Å²) in [7, 11) is 1.67. The minimum Gasteiger partial charge on any atom is -0.497 e. The van der Waals surface area contributed by atoms with E-state index in [0.717, 1.165) is 37.5 Å². The molecule has 6 nitrogen and oxygen atoms in total. The molecular weight excluding hydrogens is 352 g/mol. The fraction of sp³-hybridized carbons (Fsp3) is 0.273. The fourth-order valence-corrected chi connectivity index (χ4v) is 3.38. The maximum absolute atomic E-state index is 9.51. The third kappa shape index (κ3) is 3.52. The van der Waals surface area contributed by atoms with Crippen LogP contribution in [0.5, 0.6) is 5.75 Å². The molecule has 2 aromatic carbocycles. The zero-order chi connectivity index (χ0) is 19.5. The SMILES string of the molecule is COc1ccc(N2CCN(c3oc(-c4ccc(C)cc4)nc3C#N)CC2)cc1. The first kappa shape index (κ1) is 17.9. The summed E-state index contributed by atoms with van der Waals surface area (Å²) in [4.78, 5) is 8.82.